The largest absolute Gasteiger partial charge is 0.491 e. The average molecular weight is 368 g/mol. The highest BCUT2D eigenvalue weighted by Crippen LogP contribution is 2.25. The number of rotatable bonds is 6. The van der Waals surface area contributed by atoms with Gasteiger partial charge in [0.25, 0.3) is 0 Å². The highest BCUT2D eigenvalue weighted by atomic mass is 16.5. The third-order valence-electron chi connectivity index (χ3n) is 4.92. The van der Waals surface area contributed by atoms with Crippen LogP contribution in [0.15, 0.2) is 54.6 Å². The number of carbonyl (C=O) groups is 1. The van der Waals surface area contributed by atoms with Crippen LogP contribution in [0.2, 0.25) is 0 Å². The van der Waals surface area contributed by atoms with Crippen LogP contribution in [0.3, 0.4) is 0 Å². The first kappa shape index (κ1) is 19.2. The summed E-state index contributed by atoms with van der Waals surface area (Å²) < 4.78 is 11.4. The first-order valence-corrected chi connectivity index (χ1v) is 9.61. The van der Waals surface area contributed by atoms with Crippen LogP contribution in [-0.4, -0.2) is 43.8 Å². The van der Waals surface area contributed by atoms with E-state index in [4.69, 9.17) is 9.47 Å². The van der Waals surface area contributed by atoms with E-state index in [-0.39, 0.29) is 12.1 Å². The molecule has 1 fully saturated rings. The summed E-state index contributed by atoms with van der Waals surface area (Å²) in [4.78, 5) is 14.5. The topological polar surface area (TPSA) is 50.8 Å². The van der Waals surface area contributed by atoms with E-state index in [0.29, 0.717) is 24.6 Å². The van der Waals surface area contributed by atoms with Crippen molar-refractivity contribution in [3.8, 4) is 5.75 Å². The normalized spacial score (nSPS) is 17.2. The van der Waals surface area contributed by atoms with Gasteiger partial charge >= 0.3 is 6.03 Å². The maximum atomic E-state index is 12.7. The number of nitrogens with one attached hydrogen (secondary N) is 1. The van der Waals surface area contributed by atoms with Gasteiger partial charge in [-0.3, -0.25) is 0 Å². The van der Waals surface area contributed by atoms with Gasteiger partial charge in [0, 0.05) is 26.6 Å². The second-order valence-corrected chi connectivity index (χ2v) is 6.79. The van der Waals surface area contributed by atoms with E-state index in [1.807, 2.05) is 47.4 Å². The van der Waals surface area contributed by atoms with Crippen molar-refractivity contribution >= 4 is 11.7 Å². The molecule has 1 aliphatic heterocycles. The van der Waals surface area contributed by atoms with Crippen LogP contribution >= 0.6 is 0 Å². The zero-order valence-corrected chi connectivity index (χ0v) is 15.9. The number of nitrogens with zero attached hydrogens (tertiary/aromatic N) is 1. The van der Waals surface area contributed by atoms with Crippen LogP contribution in [0.4, 0.5) is 10.5 Å². The molecule has 3 rings (SSSR count). The number of likely N-dealkylation sites (tertiary alicyclic amines) is 1. The molecule has 5 nitrogen and oxygen atoms in total. The minimum Gasteiger partial charge on any atom is -0.491 e. The van der Waals surface area contributed by atoms with Gasteiger partial charge in [0.05, 0.1) is 18.4 Å². The van der Waals surface area contributed by atoms with Gasteiger partial charge in [-0.15, -0.1) is 0 Å². The Kier molecular flexibility index (Phi) is 7.11. The fourth-order valence-electron chi connectivity index (χ4n) is 3.32. The molecule has 0 aliphatic carbocycles. The minimum atomic E-state index is -0.0779. The van der Waals surface area contributed by atoms with Crippen molar-refractivity contribution < 1.29 is 14.3 Å². The van der Waals surface area contributed by atoms with E-state index in [9.17, 15) is 4.79 Å². The maximum Gasteiger partial charge on any atom is 0.321 e. The number of para-hydroxylation sites is 2. The molecule has 1 saturated heterocycles. The van der Waals surface area contributed by atoms with Crippen molar-refractivity contribution in [2.75, 3.05) is 32.1 Å². The summed E-state index contributed by atoms with van der Waals surface area (Å²) in [6.07, 6.45) is 3.91. The van der Waals surface area contributed by atoms with Gasteiger partial charge in [-0.2, -0.15) is 0 Å². The number of urea groups is 1. The van der Waals surface area contributed by atoms with E-state index in [2.05, 4.69) is 17.4 Å². The molecular formula is C22H28N2O3. The Bertz CT molecular complexity index is 721. The van der Waals surface area contributed by atoms with Crippen molar-refractivity contribution in [3.63, 3.8) is 0 Å². The quantitative estimate of drug-likeness (QED) is 0.825. The Balaban J connectivity index is 1.56. The molecule has 0 spiro atoms. The molecule has 0 saturated carbocycles. The molecule has 1 atom stereocenters. The number of carbonyl (C=O) groups excluding carboxylic acids is 1. The fourth-order valence-corrected chi connectivity index (χ4v) is 3.32. The molecule has 5 heteroatoms. The third-order valence-corrected chi connectivity index (χ3v) is 4.92. The molecular weight excluding hydrogens is 340 g/mol. The molecule has 0 aromatic heterocycles. The van der Waals surface area contributed by atoms with Crippen LogP contribution in [0.5, 0.6) is 5.75 Å². The van der Waals surface area contributed by atoms with Gasteiger partial charge in [0.2, 0.25) is 0 Å². The summed E-state index contributed by atoms with van der Waals surface area (Å²) in [5, 5.41) is 3.01. The number of hydrogen-bond donors (Lipinski definition) is 1. The monoisotopic (exact) mass is 368 g/mol. The summed E-state index contributed by atoms with van der Waals surface area (Å²) in [5.74, 6) is 0.700. The van der Waals surface area contributed by atoms with Crippen molar-refractivity contribution in [2.45, 2.75) is 31.8 Å². The predicted octanol–water partition coefficient (Wildman–Crippen LogP) is 4.34. The number of ether oxygens (including phenoxy) is 2. The molecule has 2 aromatic rings. The zero-order chi connectivity index (χ0) is 18.9. The average Bonchev–Trinajstić information content (AvgIpc) is 2.96. The van der Waals surface area contributed by atoms with E-state index in [1.54, 1.807) is 7.11 Å². The van der Waals surface area contributed by atoms with Crippen molar-refractivity contribution in [3.05, 3.63) is 60.2 Å². The van der Waals surface area contributed by atoms with Crippen molar-refractivity contribution in [2.24, 2.45) is 0 Å². The Morgan fingerprint density at radius 2 is 1.85 bits per heavy atom. The van der Waals surface area contributed by atoms with E-state index < -0.39 is 0 Å². The lowest BCUT2D eigenvalue weighted by Crippen LogP contribution is -2.36. The Morgan fingerprint density at radius 1 is 1.07 bits per heavy atom. The van der Waals surface area contributed by atoms with Gasteiger partial charge in [-0.1, -0.05) is 42.5 Å². The summed E-state index contributed by atoms with van der Waals surface area (Å²) in [6, 6.07) is 17.8. The Morgan fingerprint density at radius 3 is 2.67 bits per heavy atom. The minimum absolute atomic E-state index is 0.0779. The first-order chi connectivity index (χ1) is 13.3. The Hall–Kier alpha value is -2.53. The van der Waals surface area contributed by atoms with Crippen molar-refractivity contribution in [1.29, 1.82) is 0 Å². The van der Waals surface area contributed by atoms with Crippen LogP contribution in [-0.2, 0) is 11.2 Å². The first-order valence-electron chi connectivity index (χ1n) is 9.61. The Labute approximate surface area is 161 Å². The number of methoxy groups -OCH3 is 1. The summed E-state index contributed by atoms with van der Waals surface area (Å²) in [6.45, 7) is 2.03. The lowest BCUT2D eigenvalue weighted by molar-refractivity contribution is 0.0908. The van der Waals surface area contributed by atoms with Crippen LogP contribution < -0.4 is 10.1 Å². The second-order valence-electron chi connectivity index (χ2n) is 6.79. The van der Waals surface area contributed by atoms with Crippen molar-refractivity contribution in [1.82, 2.24) is 4.90 Å². The number of amides is 2. The maximum absolute atomic E-state index is 12.7. The van der Waals surface area contributed by atoms with E-state index >= 15 is 0 Å². The molecule has 1 heterocycles. The molecule has 0 radical (unpaired) electrons. The van der Waals surface area contributed by atoms with Gasteiger partial charge in [-0.25, -0.2) is 4.79 Å². The van der Waals surface area contributed by atoms with Gasteiger partial charge < -0.3 is 19.7 Å². The smallest absolute Gasteiger partial charge is 0.321 e. The van der Waals surface area contributed by atoms with Gasteiger partial charge in [0.1, 0.15) is 5.75 Å². The van der Waals surface area contributed by atoms with Crippen LogP contribution in [0, 0.1) is 0 Å². The lowest BCUT2D eigenvalue weighted by atomic mass is 10.2. The van der Waals surface area contributed by atoms with E-state index in [1.165, 1.54) is 5.56 Å². The van der Waals surface area contributed by atoms with Crippen LogP contribution in [0.25, 0.3) is 0 Å². The third kappa shape index (κ3) is 5.73. The zero-order valence-electron chi connectivity index (χ0n) is 15.9. The summed E-state index contributed by atoms with van der Waals surface area (Å²) in [5.41, 5.74) is 1.94. The summed E-state index contributed by atoms with van der Waals surface area (Å²) in [7, 11) is 1.74. The highest BCUT2D eigenvalue weighted by Gasteiger charge is 2.21. The van der Waals surface area contributed by atoms with E-state index in [0.717, 1.165) is 32.2 Å². The number of hydrogen-bond acceptors (Lipinski definition) is 3. The van der Waals surface area contributed by atoms with Crippen LogP contribution in [0.1, 0.15) is 24.8 Å². The molecule has 0 bridgehead atoms. The molecule has 2 amide bonds. The van der Waals surface area contributed by atoms with Gasteiger partial charge in [-0.05, 0) is 37.0 Å². The molecule has 1 N–H and O–H groups in total. The van der Waals surface area contributed by atoms with Gasteiger partial charge in [0.15, 0.2) is 0 Å². The molecule has 27 heavy (non-hydrogen) atoms. The molecule has 2 aromatic carbocycles. The molecule has 1 aliphatic rings. The molecule has 1 unspecified atom stereocenters. The predicted molar refractivity (Wildman–Crippen MR) is 107 cm³/mol. The SMILES string of the molecule is COC1CCCN(C(=O)Nc2ccccc2OCCc2ccccc2)CC1. The fraction of sp³-hybridized carbons (Fsp3) is 0.409. The molecule has 144 valence electrons. The summed E-state index contributed by atoms with van der Waals surface area (Å²) >= 11 is 0. The number of benzene rings is 2. The lowest BCUT2D eigenvalue weighted by Gasteiger charge is -2.22. The second kappa shape index (κ2) is 9.97. The number of anilines is 1. The standard InChI is InChI=1S/C22H28N2O3/c1-26-19-10-7-15-24(16-13-19)22(25)23-20-11-5-6-12-21(20)27-17-14-18-8-3-2-4-9-18/h2-6,8-9,11-12,19H,7,10,13-17H2,1H3,(H,23,25). The highest BCUT2D eigenvalue weighted by molar-refractivity contribution is 5.91.